The summed E-state index contributed by atoms with van der Waals surface area (Å²) in [5.74, 6) is 7.87. The molecule has 2 aromatic rings. The standard InChI is InChI=1S/C24H28O4/c1-27-23-10-5-7-19(17-23)15-21(9-3-4-13-25)22(12-14-26)16-20-8-6-11-24(18-20)28-2/h5-8,10-11,17-18,25-26H,4,12-16H2,1-2H3/b22-21+. The molecule has 0 bridgehead atoms. The number of ether oxygens (including phenoxy) is 2. The second kappa shape index (κ2) is 11.9. The second-order valence-electron chi connectivity index (χ2n) is 6.39. The van der Waals surface area contributed by atoms with Gasteiger partial charge >= 0.3 is 0 Å². The lowest BCUT2D eigenvalue weighted by Crippen LogP contribution is -2.02. The fourth-order valence-corrected chi connectivity index (χ4v) is 2.98. The highest BCUT2D eigenvalue weighted by Crippen LogP contribution is 2.23. The van der Waals surface area contributed by atoms with Crippen molar-refractivity contribution in [1.82, 2.24) is 0 Å². The number of rotatable bonds is 9. The average Bonchev–Trinajstić information content (AvgIpc) is 2.73. The van der Waals surface area contributed by atoms with Crippen molar-refractivity contribution in [2.75, 3.05) is 27.4 Å². The molecule has 0 saturated heterocycles. The van der Waals surface area contributed by atoms with E-state index in [0.717, 1.165) is 33.8 Å². The van der Waals surface area contributed by atoms with Crippen molar-refractivity contribution in [2.45, 2.75) is 25.7 Å². The van der Waals surface area contributed by atoms with E-state index in [2.05, 4.69) is 11.8 Å². The Balaban J connectivity index is 2.40. The molecule has 2 N–H and O–H groups in total. The van der Waals surface area contributed by atoms with Crippen molar-refractivity contribution in [1.29, 1.82) is 0 Å². The first-order valence-corrected chi connectivity index (χ1v) is 9.37. The first-order chi connectivity index (χ1) is 13.7. The highest BCUT2D eigenvalue weighted by molar-refractivity contribution is 5.42. The van der Waals surface area contributed by atoms with E-state index < -0.39 is 0 Å². The van der Waals surface area contributed by atoms with Gasteiger partial charge in [-0.25, -0.2) is 0 Å². The van der Waals surface area contributed by atoms with Crippen molar-refractivity contribution >= 4 is 0 Å². The monoisotopic (exact) mass is 380 g/mol. The third-order valence-electron chi connectivity index (χ3n) is 4.38. The number of methoxy groups -OCH3 is 2. The number of hydrogen-bond donors (Lipinski definition) is 2. The Morgan fingerprint density at radius 2 is 1.46 bits per heavy atom. The van der Waals surface area contributed by atoms with Crippen LogP contribution >= 0.6 is 0 Å². The summed E-state index contributed by atoms with van der Waals surface area (Å²) in [5, 5.41) is 18.7. The Kier molecular flexibility index (Phi) is 9.14. The Hall–Kier alpha value is -2.74. The Bertz CT molecular complexity index is 843. The average molecular weight is 380 g/mol. The molecule has 0 aliphatic heterocycles. The number of allylic oxidation sites excluding steroid dienone is 1. The van der Waals surface area contributed by atoms with E-state index in [1.54, 1.807) is 14.2 Å². The SMILES string of the molecule is COc1cccc(C/C(C#CCCO)=C(\CCO)Cc2cccc(OC)c2)c1. The minimum Gasteiger partial charge on any atom is -0.497 e. The maximum absolute atomic E-state index is 9.62. The first-order valence-electron chi connectivity index (χ1n) is 9.37. The first kappa shape index (κ1) is 21.6. The van der Waals surface area contributed by atoms with Crippen LogP contribution in [0.1, 0.15) is 24.0 Å². The molecule has 0 fully saturated rings. The van der Waals surface area contributed by atoms with Crippen molar-refractivity contribution in [3.8, 4) is 23.3 Å². The topological polar surface area (TPSA) is 58.9 Å². The zero-order valence-electron chi connectivity index (χ0n) is 16.6. The van der Waals surface area contributed by atoms with Gasteiger partial charge in [0.05, 0.1) is 20.8 Å². The molecule has 0 aromatic heterocycles. The molecule has 0 heterocycles. The summed E-state index contributed by atoms with van der Waals surface area (Å²) in [5.41, 5.74) is 4.26. The fraction of sp³-hybridized carbons (Fsp3) is 0.333. The molecular weight excluding hydrogens is 352 g/mol. The van der Waals surface area contributed by atoms with Crippen LogP contribution in [0.2, 0.25) is 0 Å². The van der Waals surface area contributed by atoms with Gasteiger partial charge in [-0.05, 0) is 48.2 Å². The van der Waals surface area contributed by atoms with E-state index >= 15 is 0 Å². The van der Waals surface area contributed by atoms with Gasteiger partial charge in [-0.2, -0.15) is 0 Å². The molecule has 4 heteroatoms. The summed E-state index contributed by atoms with van der Waals surface area (Å²) < 4.78 is 10.6. The van der Waals surface area contributed by atoms with Gasteiger partial charge in [-0.1, -0.05) is 41.7 Å². The third-order valence-corrected chi connectivity index (χ3v) is 4.38. The summed E-state index contributed by atoms with van der Waals surface area (Å²) in [6.07, 6.45) is 2.30. The van der Waals surface area contributed by atoms with E-state index in [-0.39, 0.29) is 13.2 Å². The molecule has 0 radical (unpaired) electrons. The minimum atomic E-state index is 0.0324. The smallest absolute Gasteiger partial charge is 0.119 e. The Morgan fingerprint density at radius 1 is 0.857 bits per heavy atom. The highest BCUT2D eigenvalue weighted by atomic mass is 16.5. The molecule has 148 valence electrons. The molecule has 0 unspecified atom stereocenters. The van der Waals surface area contributed by atoms with Crippen LogP contribution in [0, 0.1) is 11.8 Å². The summed E-state index contributed by atoms with van der Waals surface area (Å²) in [6, 6.07) is 15.8. The number of aliphatic hydroxyl groups is 2. The van der Waals surface area contributed by atoms with Crippen molar-refractivity contribution in [2.24, 2.45) is 0 Å². The zero-order valence-corrected chi connectivity index (χ0v) is 16.6. The maximum atomic E-state index is 9.62. The number of hydrogen-bond acceptors (Lipinski definition) is 4. The summed E-state index contributed by atoms with van der Waals surface area (Å²) in [6.45, 7) is 0.0905. The highest BCUT2D eigenvalue weighted by Gasteiger charge is 2.09. The normalized spacial score (nSPS) is 11.3. The van der Waals surface area contributed by atoms with Crippen LogP contribution in [0.3, 0.4) is 0 Å². The molecule has 0 amide bonds. The second-order valence-corrected chi connectivity index (χ2v) is 6.39. The van der Waals surface area contributed by atoms with Gasteiger partial charge in [-0.15, -0.1) is 0 Å². The summed E-state index contributed by atoms with van der Waals surface area (Å²) >= 11 is 0. The van der Waals surface area contributed by atoms with Crippen molar-refractivity contribution < 1.29 is 19.7 Å². The molecule has 0 aliphatic carbocycles. The van der Waals surface area contributed by atoms with Gasteiger partial charge in [0.25, 0.3) is 0 Å². The van der Waals surface area contributed by atoms with Gasteiger partial charge in [0.2, 0.25) is 0 Å². The van der Waals surface area contributed by atoms with E-state index in [0.29, 0.717) is 25.7 Å². The van der Waals surface area contributed by atoms with Gasteiger partial charge in [0, 0.05) is 25.0 Å². The van der Waals surface area contributed by atoms with E-state index in [4.69, 9.17) is 14.6 Å². The van der Waals surface area contributed by atoms with Crippen molar-refractivity contribution in [3.63, 3.8) is 0 Å². The molecule has 0 saturated carbocycles. The molecule has 28 heavy (non-hydrogen) atoms. The lowest BCUT2D eigenvalue weighted by atomic mass is 9.93. The van der Waals surface area contributed by atoms with Crippen molar-refractivity contribution in [3.05, 3.63) is 70.8 Å². The van der Waals surface area contributed by atoms with E-state index in [9.17, 15) is 5.11 Å². The Morgan fingerprint density at radius 3 is 2.00 bits per heavy atom. The quantitative estimate of drug-likeness (QED) is 0.653. The molecule has 0 aliphatic rings. The predicted molar refractivity (Wildman–Crippen MR) is 112 cm³/mol. The molecular formula is C24H28O4. The zero-order chi connectivity index (χ0) is 20.2. The van der Waals surface area contributed by atoms with Gasteiger partial charge in [-0.3, -0.25) is 0 Å². The molecule has 2 aromatic carbocycles. The number of benzene rings is 2. The van der Waals surface area contributed by atoms with E-state index in [1.807, 2.05) is 48.5 Å². The largest absolute Gasteiger partial charge is 0.497 e. The summed E-state index contributed by atoms with van der Waals surface area (Å²) in [7, 11) is 3.30. The van der Waals surface area contributed by atoms with Crippen LogP contribution in [0.5, 0.6) is 11.5 Å². The van der Waals surface area contributed by atoms with Gasteiger partial charge < -0.3 is 19.7 Å². The van der Waals surface area contributed by atoms with Crippen LogP contribution < -0.4 is 9.47 Å². The fourth-order valence-electron chi connectivity index (χ4n) is 2.98. The minimum absolute atomic E-state index is 0.0324. The van der Waals surface area contributed by atoms with Crippen LogP contribution in [0.25, 0.3) is 0 Å². The van der Waals surface area contributed by atoms with Gasteiger partial charge in [0.1, 0.15) is 11.5 Å². The van der Waals surface area contributed by atoms with E-state index in [1.165, 1.54) is 0 Å². The van der Waals surface area contributed by atoms with Crippen LogP contribution in [-0.4, -0.2) is 37.6 Å². The summed E-state index contributed by atoms with van der Waals surface area (Å²) in [4.78, 5) is 0. The molecule has 0 spiro atoms. The maximum Gasteiger partial charge on any atom is 0.119 e. The van der Waals surface area contributed by atoms with Crippen LogP contribution in [0.4, 0.5) is 0 Å². The lowest BCUT2D eigenvalue weighted by molar-refractivity contribution is 0.298. The van der Waals surface area contributed by atoms with Crippen LogP contribution in [0.15, 0.2) is 59.7 Å². The number of aliphatic hydroxyl groups excluding tert-OH is 2. The molecule has 0 atom stereocenters. The molecule has 4 nitrogen and oxygen atoms in total. The lowest BCUT2D eigenvalue weighted by Gasteiger charge is -2.13. The molecule has 2 rings (SSSR count). The van der Waals surface area contributed by atoms with Crippen LogP contribution in [-0.2, 0) is 12.8 Å². The Labute approximate surface area is 167 Å². The van der Waals surface area contributed by atoms with Gasteiger partial charge in [0.15, 0.2) is 0 Å². The predicted octanol–water partition coefficient (Wildman–Crippen LogP) is 3.55. The third kappa shape index (κ3) is 6.77.